The van der Waals surface area contributed by atoms with Gasteiger partial charge < -0.3 is 19.2 Å². The first-order valence-electron chi connectivity index (χ1n) is 11.1. The number of furan rings is 1. The highest BCUT2D eigenvalue weighted by atomic mass is 35.5. The van der Waals surface area contributed by atoms with Gasteiger partial charge >= 0.3 is 5.97 Å². The second kappa shape index (κ2) is 11.4. The molecule has 37 heavy (non-hydrogen) atoms. The zero-order chi connectivity index (χ0) is 26.5. The molecule has 3 amide bonds. The number of rotatable bonds is 8. The molecular weight excluding hydrogens is 520 g/mol. The molecule has 9 nitrogen and oxygen atoms in total. The Hall–Kier alpha value is -4.02. The van der Waals surface area contributed by atoms with Crippen LogP contribution >= 0.6 is 23.4 Å². The number of hydrogen-bond acceptors (Lipinski definition) is 8. The molecule has 2 heterocycles. The van der Waals surface area contributed by atoms with Gasteiger partial charge in [0.05, 0.1) is 34.9 Å². The van der Waals surface area contributed by atoms with Crippen molar-refractivity contribution in [2.45, 2.75) is 6.92 Å². The standard InChI is InChI=1S/C26H21ClN2O7S/c1-3-35-25(32)17-12-15(8-10-18(17)27)20-11-9-16(36-20)13-22-24(31)29(26(33)37-22)14-23(30)28-19-6-4-5-7-21(19)34-2/h4-13H,3,14H2,1-2H3,(H,28,30)/b22-13+. The normalized spacial score (nSPS) is 14.2. The van der Waals surface area contributed by atoms with Crippen LogP contribution in [-0.2, 0) is 14.3 Å². The van der Waals surface area contributed by atoms with Crippen LogP contribution in [0, 0.1) is 0 Å². The average Bonchev–Trinajstić information content (AvgIpc) is 3.45. The van der Waals surface area contributed by atoms with E-state index < -0.39 is 29.6 Å². The number of amides is 3. The Bertz CT molecular complexity index is 1420. The van der Waals surface area contributed by atoms with E-state index >= 15 is 0 Å². The maximum Gasteiger partial charge on any atom is 0.339 e. The van der Waals surface area contributed by atoms with Crippen molar-refractivity contribution in [2.24, 2.45) is 0 Å². The fraction of sp³-hybridized carbons (Fsp3) is 0.154. The first kappa shape index (κ1) is 26.1. The molecule has 3 aromatic rings. The van der Waals surface area contributed by atoms with E-state index in [1.807, 2.05) is 0 Å². The van der Waals surface area contributed by atoms with E-state index in [1.54, 1.807) is 61.5 Å². The number of methoxy groups -OCH3 is 1. The summed E-state index contributed by atoms with van der Waals surface area (Å²) in [6, 6.07) is 14.9. The first-order valence-corrected chi connectivity index (χ1v) is 12.2. The lowest BCUT2D eigenvalue weighted by Crippen LogP contribution is -2.36. The molecule has 0 spiro atoms. The van der Waals surface area contributed by atoms with Crippen LogP contribution in [0.1, 0.15) is 23.0 Å². The van der Waals surface area contributed by atoms with Crippen LogP contribution in [0.5, 0.6) is 5.75 Å². The van der Waals surface area contributed by atoms with E-state index in [4.69, 9.17) is 25.5 Å². The second-order valence-electron chi connectivity index (χ2n) is 7.63. The molecule has 4 rings (SSSR count). The maximum atomic E-state index is 12.8. The number of nitrogens with zero attached hydrogens (tertiary/aromatic N) is 1. The number of carbonyl (C=O) groups excluding carboxylic acids is 4. The summed E-state index contributed by atoms with van der Waals surface area (Å²) in [7, 11) is 1.47. The van der Waals surface area contributed by atoms with Crippen LogP contribution in [0.3, 0.4) is 0 Å². The van der Waals surface area contributed by atoms with E-state index in [1.165, 1.54) is 13.2 Å². The number of benzene rings is 2. The van der Waals surface area contributed by atoms with Crippen molar-refractivity contribution in [3.05, 3.63) is 75.8 Å². The number of halogens is 1. The zero-order valence-electron chi connectivity index (χ0n) is 19.8. The largest absolute Gasteiger partial charge is 0.495 e. The molecule has 0 atom stereocenters. The van der Waals surface area contributed by atoms with Crippen LogP contribution in [-0.4, -0.2) is 48.2 Å². The quantitative estimate of drug-likeness (QED) is 0.296. The summed E-state index contributed by atoms with van der Waals surface area (Å²) < 4.78 is 16.0. The van der Waals surface area contributed by atoms with Gasteiger partial charge in [0.2, 0.25) is 5.91 Å². The number of imide groups is 1. The summed E-state index contributed by atoms with van der Waals surface area (Å²) in [5.41, 5.74) is 1.20. The van der Waals surface area contributed by atoms with E-state index in [-0.39, 0.29) is 22.1 Å². The van der Waals surface area contributed by atoms with E-state index in [9.17, 15) is 19.2 Å². The average molecular weight is 541 g/mol. The van der Waals surface area contributed by atoms with Gasteiger partial charge in [0, 0.05) is 11.6 Å². The molecular formula is C26H21ClN2O7S. The second-order valence-corrected chi connectivity index (χ2v) is 9.03. The van der Waals surface area contributed by atoms with E-state index in [0.29, 0.717) is 40.3 Å². The summed E-state index contributed by atoms with van der Waals surface area (Å²) in [4.78, 5) is 50.9. The van der Waals surface area contributed by atoms with Gasteiger partial charge in [0.1, 0.15) is 23.8 Å². The highest BCUT2D eigenvalue weighted by Gasteiger charge is 2.36. The van der Waals surface area contributed by atoms with Crippen LogP contribution < -0.4 is 10.1 Å². The Labute approximate surface area is 221 Å². The summed E-state index contributed by atoms with van der Waals surface area (Å²) in [6.07, 6.45) is 1.43. The molecule has 0 radical (unpaired) electrons. The Morgan fingerprint density at radius 3 is 2.68 bits per heavy atom. The number of thioether (sulfide) groups is 1. The molecule has 1 saturated heterocycles. The predicted octanol–water partition coefficient (Wildman–Crippen LogP) is 5.46. The Morgan fingerprint density at radius 1 is 1.14 bits per heavy atom. The molecule has 11 heteroatoms. The molecule has 1 aliphatic rings. The Balaban J connectivity index is 1.47. The third-order valence-electron chi connectivity index (χ3n) is 5.20. The number of nitrogens with one attached hydrogen (secondary N) is 1. The molecule has 1 N–H and O–H groups in total. The fourth-order valence-electron chi connectivity index (χ4n) is 3.48. The minimum absolute atomic E-state index is 0.110. The molecule has 0 unspecified atom stereocenters. The van der Waals surface area contributed by atoms with Crippen molar-refractivity contribution >= 4 is 58.1 Å². The zero-order valence-corrected chi connectivity index (χ0v) is 21.4. The number of carbonyl (C=O) groups is 4. The van der Waals surface area contributed by atoms with Gasteiger partial charge in [-0.3, -0.25) is 19.3 Å². The van der Waals surface area contributed by atoms with Gasteiger partial charge in [-0.15, -0.1) is 0 Å². The summed E-state index contributed by atoms with van der Waals surface area (Å²) in [5.74, 6) is -0.527. The molecule has 1 aliphatic heterocycles. The number of para-hydroxylation sites is 2. The molecule has 0 bridgehead atoms. The Kier molecular flexibility index (Phi) is 8.00. The minimum Gasteiger partial charge on any atom is -0.495 e. The molecule has 1 fully saturated rings. The van der Waals surface area contributed by atoms with Crippen LogP contribution in [0.4, 0.5) is 10.5 Å². The number of ether oxygens (including phenoxy) is 2. The first-order chi connectivity index (χ1) is 17.8. The van der Waals surface area contributed by atoms with E-state index in [2.05, 4.69) is 5.32 Å². The molecule has 0 aliphatic carbocycles. The van der Waals surface area contributed by atoms with Gasteiger partial charge in [-0.05, 0) is 61.2 Å². The van der Waals surface area contributed by atoms with Crippen LogP contribution in [0.25, 0.3) is 17.4 Å². The predicted molar refractivity (Wildman–Crippen MR) is 139 cm³/mol. The van der Waals surface area contributed by atoms with Crippen LogP contribution in [0.2, 0.25) is 5.02 Å². The van der Waals surface area contributed by atoms with Crippen molar-refractivity contribution in [1.29, 1.82) is 0 Å². The van der Waals surface area contributed by atoms with Crippen molar-refractivity contribution < 1.29 is 33.1 Å². The highest BCUT2D eigenvalue weighted by molar-refractivity contribution is 8.18. The smallest absolute Gasteiger partial charge is 0.339 e. The third-order valence-corrected chi connectivity index (χ3v) is 6.44. The topological polar surface area (TPSA) is 115 Å². The van der Waals surface area contributed by atoms with E-state index in [0.717, 1.165) is 4.90 Å². The molecule has 0 saturated carbocycles. The molecule has 1 aromatic heterocycles. The monoisotopic (exact) mass is 540 g/mol. The third kappa shape index (κ3) is 5.87. The van der Waals surface area contributed by atoms with Gasteiger partial charge in [0.15, 0.2) is 0 Å². The lowest BCUT2D eigenvalue weighted by Gasteiger charge is -2.14. The van der Waals surface area contributed by atoms with Gasteiger partial charge in [0.25, 0.3) is 11.1 Å². The summed E-state index contributed by atoms with van der Waals surface area (Å²) in [5, 5.41) is 2.31. The SMILES string of the molecule is CCOC(=O)c1cc(-c2ccc(/C=C3/SC(=O)N(CC(=O)Nc4ccccc4OC)C3=O)o2)ccc1Cl. The molecule has 2 aromatic carbocycles. The van der Waals surface area contributed by atoms with Gasteiger partial charge in [-0.2, -0.15) is 0 Å². The molecule has 190 valence electrons. The van der Waals surface area contributed by atoms with Gasteiger partial charge in [-0.1, -0.05) is 23.7 Å². The van der Waals surface area contributed by atoms with Crippen molar-refractivity contribution in [2.75, 3.05) is 25.6 Å². The summed E-state index contributed by atoms with van der Waals surface area (Å²) >= 11 is 6.83. The number of anilines is 1. The van der Waals surface area contributed by atoms with Gasteiger partial charge in [-0.25, -0.2) is 4.79 Å². The van der Waals surface area contributed by atoms with Crippen molar-refractivity contribution in [3.63, 3.8) is 0 Å². The maximum absolute atomic E-state index is 12.8. The summed E-state index contributed by atoms with van der Waals surface area (Å²) in [6.45, 7) is 1.45. The van der Waals surface area contributed by atoms with Crippen molar-refractivity contribution in [1.82, 2.24) is 4.90 Å². The minimum atomic E-state index is -0.612. The number of esters is 1. The lowest BCUT2D eigenvalue weighted by molar-refractivity contribution is -0.127. The fourth-order valence-corrected chi connectivity index (χ4v) is 4.49. The highest BCUT2D eigenvalue weighted by Crippen LogP contribution is 2.34. The van der Waals surface area contributed by atoms with Crippen LogP contribution in [0.15, 0.2) is 63.9 Å². The lowest BCUT2D eigenvalue weighted by atomic mass is 10.1. The Morgan fingerprint density at radius 2 is 1.92 bits per heavy atom. The number of hydrogen-bond donors (Lipinski definition) is 1. The van der Waals surface area contributed by atoms with Crippen molar-refractivity contribution in [3.8, 4) is 17.1 Å².